The number of hydrogen-bond acceptors (Lipinski definition) is 4. The van der Waals surface area contributed by atoms with Crippen LogP contribution in [-0.4, -0.2) is 32.8 Å². The van der Waals surface area contributed by atoms with Gasteiger partial charge in [-0.25, -0.2) is 12.8 Å². The number of rotatable bonds is 8. The predicted molar refractivity (Wildman–Crippen MR) is 104 cm³/mol. The smallest absolute Gasteiger partial charge is 0.261 e. The van der Waals surface area contributed by atoms with E-state index in [-0.39, 0.29) is 22.1 Å². The van der Waals surface area contributed by atoms with Gasteiger partial charge in [0.15, 0.2) is 0 Å². The van der Waals surface area contributed by atoms with Gasteiger partial charge in [0, 0.05) is 17.8 Å². The highest BCUT2D eigenvalue weighted by Crippen LogP contribution is 2.17. The van der Waals surface area contributed by atoms with Crippen molar-refractivity contribution in [2.24, 2.45) is 0 Å². The van der Waals surface area contributed by atoms with Crippen LogP contribution in [0.4, 0.5) is 10.1 Å². The molecule has 0 radical (unpaired) electrons. The second-order valence-electron chi connectivity index (χ2n) is 6.13. The Bertz CT molecular complexity index is 946. The second kappa shape index (κ2) is 9.32. The van der Waals surface area contributed by atoms with E-state index in [1.54, 1.807) is 6.92 Å². The maximum atomic E-state index is 13.0. The van der Waals surface area contributed by atoms with Gasteiger partial charge in [0.2, 0.25) is 5.91 Å². The summed E-state index contributed by atoms with van der Waals surface area (Å²) in [6.07, 6.45) is 0.771. The molecule has 150 valence electrons. The molecule has 9 heteroatoms. The van der Waals surface area contributed by atoms with Gasteiger partial charge in [0.05, 0.1) is 4.90 Å². The van der Waals surface area contributed by atoms with E-state index in [4.69, 9.17) is 0 Å². The third kappa shape index (κ3) is 5.78. The van der Waals surface area contributed by atoms with E-state index in [1.165, 1.54) is 36.4 Å². The summed E-state index contributed by atoms with van der Waals surface area (Å²) in [6.45, 7) is 3.96. The highest BCUT2D eigenvalue weighted by molar-refractivity contribution is 7.92. The lowest BCUT2D eigenvalue weighted by Gasteiger charge is -2.14. The van der Waals surface area contributed by atoms with Gasteiger partial charge < -0.3 is 10.6 Å². The standard InChI is InChI=1S/C19H22FN3O4S/c1-3-11-21-18(24)13(2)22-19(25)14-5-4-6-17(12-14)28(26,27)23-16-9-7-15(20)8-10-16/h4-10,12-13,23H,3,11H2,1-2H3,(H,21,24)(H,22,25)/t13-/m0/s1. The van der Waals surface area contributed by atoms with Crippen LogP contribution in [0, 0.1) is 5.82 Å². The van der Waals surface area contributed by atoms with Crippen LogP contribution < -0.4 is 15.4 Å². The lowest BCUT2D eigenvalue weighted by atomic mass is 10.2. The molecule has 0 bridgehead atoms. The molecule has 0 unspecified atom stereocenters. The van der Waals surface area contributed by atoms with Crippen molar-refractivity contribution in [2.75, 3.05) is 11.3 Å². The minimum absolute atomic E-state index is 0.0946. The zero-order chi connectivity index (χ0) is 20.7. The van der Waals surface area contributed by atoms with Gasteiger partial charge >= 0.3 is 0 Å². The van der Waals surface area contributed by atoms with Crippen LogP contribution in [0.15, 0.2) is 53.4 Å². The van der Waals surface area contributed by atoms with E-state index < -0.39 is 27.8 Å². The molecule has 0 fully saturated rings. The van der Waals surface area contributed by atoms with Crippen molar-refractivity contribution in [1.82, 2.24) is 10.6 Å². The third-order valence-electron chi connectivity index (χ3n) is 3.79. The van der Waals surface area contributed by atoms with Crippen molar-refractivity contribution in [1.29, 1.82) is 0 Å². The highest BCUT2D eigenvalue weighted by Gasteiger charge is 2.19. The Labute approximate surface area is 163 Å². The average Bonchev–Trinajstić information content (AvgIpc) is 2.67. The molecule has 0 aliphatic rings. The Balaban J connectivity index is 2.12. The topological polar surface area (TPSA) is 104 Å². The first-order valence-electron chi connectivity index (χ1n) is 8.70. The Morgan fingerprint density at radius 3 is 2.43 bits per heavy atom. The van der Waals surface area contributed by atoms with E-state index in [1.807, 2.05) is 6.92 Å². The van der Waals surface area contributed by atoms with Crippen LogP contribution >= 0.6 is 0 Å². The quantitative estimate of drug-likeness (QED) is 0.624. The summed E-state index contributed by atoms with van der Waals surface area (Å²) in [6, 6.07) is 9.49. The van der Waals surface area contributed by atoms with Crippen molar-refractivity contribution in [3.8, 4) is 0 Å². The summed E-state index contributed by atoms with van der Waals surface area (Å²) in [5, 5.41) is 5.20. The number of amides is 2. The fourth-order valence-electron chi connectivity index (χ4n) is 2.28. The molecule has 0 aliphatic carbocycles. The second-order valence-corrected chi connectivity index (χ2v) is 7.81. The molecule has 2 aromatic rings. The maximum Gasteiger partial charge on any atom is 0.261 e. The van der Waals surface area contributed by atoms with E-state index in [0.717, 1.165) is 18.6 Å². The summed E-state index contributed by atoms with van der Waals surface area (Å²) in [5.41, 5.74) is 0.287. The Morgan fingerprint density at radius 1 is 1.11 bits per heavy atom. The Hall–Kier alpha value is -2.94. The van der Waals surface area contributed by atoms with Crippen molar-refractivity contribution in [2.45, 2.75) is 31.2 Å². The lowest BCUT2D eigenvalue weighted by Crippen LogP contribution is -2.45. The molecule has 2 aromatic carbocycles. The van der Waals surface area contributed by atoms with Crippen LogP contribution in [0.25, 0.3) is 0 Å². The SMILES string of the molecule is CCCNC(=O)[C@H](C)NC(=O)c1cccc(S(=O)(=O)Nc2ccc(F)cc2)c1. The number of hydrogen-bond donors (Lipinski definition) is 3. The van der Waals surface area contributed by atoms with Crippen molar-refractivity contribution in [3.05, 3.63) is 59.9 Å². The normalized spacial score (nSPS) is 12.1. The monoisotopic (exact) mass is 407 g/mol. The van der Waals surface area contributed by atoms with Crippen LogP contribution in [-0.2, 0) is 14.8 Å². The number of halogens is 1. The molecule has 7 nitrogen and oxygen atoms in total. The largest absolute Gasteiger partial charge is 0.354 e. The fourth-order valence-corrected chi connectivity index (χ4v) is 3.39. The zero-order valence-corrected chi connectivity index (χ0v) is 16.3. The van der Waals surface area contributed by atoms with Gasteiger partial charge in [0.25, 0.3) is 15.9 Å². The zero-order valence-electron chi connectivity index (χ0n) is 15.5. The van der Waals surface area contributed by atoms with E-state index >= 15 is 0 Å². The molecule has 3 N–H and O–H groups in total. The first kappa shape index (κ1) is 21.4. The highest BCUT2D eigenvalue weighted by atomic mass is 32.2. The van der Waals surface area contributed by atoms with Crippen LogP contribution in [0.5, 0.6) is 0 Å². The van der Waals surface area contributed by atoms with Crippen molar-refractivity contribution in [3.63, 3.8) is 0 Å². The Kier molecular flexibility index (Phi) is 7.11. The summed E-state index contributed by atoms with van der Waals surface area (Å²) in [4.78, 5) is 24.1. The fraction of sp³-hybridized carbons (Fsp3) is 0.263. The molecular formula is C19H22FN3O4S. The van der Waals surface area contributed by atoms with E-state index in [0.29, 0.717) is 6.54 Å². The summed E-state index contributed by atoms with van der Waals surface area (Å²) in [7, 11) is -3.97. The first-order valence-corrected chi connectivity index (χ1v) is 10.2. The number of anilines is 1. The summed E-state index contributed by atoms with van der Waals surface area (Å²) in [5.74, 6) is -1.38. The molecule has 0 aliphatic heterocycles. The van der Waals surface area contributed by atoms with Gasteiger partial charge in [-0.05, 0) is 55.8 Å². The molecule has 2 amide bonds. The molecule has 0 saturated carbocycles. The number of carbonyl (C=O) groups is 2. The van der Waals surface area contributed by atoms with Gasteiger partial charge in [-0.3, -0.25) is 14.3 Å². The molecule has 0 saturated heterocycles. The number of carbonyl (C=O) groups excluding carboxylic acids is 2. The third-order valence-corrected chi connectivity index (χ3v) is 5.17. The molecule has 1 atom stereocenters. The predicted octanol–water partition coefficient (Wildman–Crippen LogP) is 2.27. The van der Waals surface area contributed by atoms with Crippen LogP contribution in [0.3, 0.4) is 0 Å². The van der Waals surface area contributed by atoms with E-state index in [9.17, 15) is 22.4 Å². The number of sulfonamides is 1. The molecule has 28 heavy (non-hydrogen) atoms. The van der Waals surface area contributed by atoms with Crippen LogP contribution in [0.2, 0.25) is 0 Å². The van der Waals surface area contributed by atoms with Gasteiger partial charge in [-0.1, -0.05) is 13.0 Å². The van der Waals surface area contributed by atoms with Crippen molar-refractivity contribution >= 4 is 27.5 Å². The molecule has 0 heterocycles. The minimum atomic E-state index is -3.97. The Morgan fingerprint density at radius 2 is 1.79 bits per heavy atom. The number of benzene rings is 2. The number of nitrogens with one attached hydrogen (secondary N) is 3. The average molecular weight is 407 g/mol. The van der Waals surface area contributed by atoms with Gasteiger partial charge in [0.1, 0.15) is 11.9 Å². The lowest BCUT2D eigenvalue weighted by molar-refractivity contribution is -0.122. The maximum absolute atomic E-state index is 13.0. The van der Waals surface area contributed by atoms with Gasteiger partial charge in [-0.2, -0.15) is 0 Å². The van der Waals surface area contributed by atoms with E-state index in [2.05, 4.69) is 15.4 Å². The van der Waals surface area contributed by atoms with Crippen LogP contribution in [0.1, 0.15) is 30.6 Å². The summed E-state index contributed by atoms with van der Waals surface area (Å²) >= 11 is 0. The van der Waals surface area contributed by atoms with Gasteiger partial charge in [-0.15, -0.1) is 0 Å². The minimum Gasteiger partial charge on any atom is -0.354 e. The van der Waals surface area contributed by atoms with Crippen molar-refractivity contribution < 1.29 is 22.4 Å². The molecule has 0 spiro atoms. The first-order chi connectivity index (χ1) is 13.2. The molecule has 0 aromatic heterocycles. The summed E-state index contributed by atoms with van der Waals surface area (Å²) < 4.78 is 40.3. The molecular weight excluding hydrogens is 385 g/mol. The molecule has 2 rings (SSSR count).